The molecule has 0 spiro atoms. The minimum absolute atomic E-state index is 0.530. The fourth-order valence-electron chi connectivity index (χ4n) is 2.70. The van der Waals surface area contributed by atoms with Crippen LogP contribution in [0, 0.1) is 0 Å². The Bertz CT molecular complexity index is 925. The van der Waals surface area contributed by atoms with Crippen molar-refractivity contribution in [1.29, 1.82) is 0 Å². The van der Waals surface area contributed by atoms with Crippen molar-refractivity contribution in [3.8, 4) is 17.0 Å². The number of rotatable bonds is 4. The van der Waals surface area contributed by atoms with Crippen LogP contribution in [0.15, 0.2) is 78.2 Å². The average molecular weight is 317 g/mol. The first kappa shape index (κ1) is 14.0. The third-order valence-corrected chi connectivity index (χ3v) is 4.45. The molecule has 0 amide bonds. The molecule has 0 aliphatic rings. The van der Waals surface area contributed by atoms with E-state index in [4.69, 9.17) is 4.74 Å². The van der Waals surface area contributed by atoms with E-state index in [1.807, 2.05) is 18.2 Å². The second-order valence-electron chi connectivity index (χ2n) is 5.33. The highest BCUT2D eigenvalue weighted by molar-refractivity contribution is 7.04. The summed E-state index contributed by atoms with van der Waals surface area (Å²) in [5.74, 6) is 0.704. The normalized spacial score (nSPS) is 10.8. The molecule has 0 aliphatic carbocycles. The minimum atomic E-state index is 0.530. The summed E-state index contributed by atoms with van der Waals surface area (Å²) in [7, 11) is 0. The number of benzene rings is 3. The van der Waals surface area contributed by atoms with Gasteiger partial charge >= 0.3 is 0 Å². The van der Waals surface area contributed by atoms with Gasteiger partial charge in [-0.15, -0.1) is 0 Å². The Morgan fingerprint density at radius 3 is 2.48 bits per heavy atom. The maximum atomic E-state index is 5.97. The zero-order chi connectivity index (χ0) is 15.5. The van der Waals surface area contributed by atoms with E-state index in [9.17, 15) is 0 Å². The van der Waals surface area contributed by atoms with E-state index in [0.29, 0.717) is 12.5 Å². The molecular formula is C20H15NOS. The molecule has 0 bridgehead atoms. The van der Waals surface area contributed by atoms with Crippen LogP contribution in [0.25, 0.3) is 21.9 Å². The van der Waals surface area contributed by atoms with Crippen LogP contribution >= 0.6 is 11.5 Å². The van der Waals surface area contributed by atoms with Crippen LogP contribution in [0.1, 0.15) is 5.56 Å². The smallest absolute Gasteiger partial charge is 0.233 e. The highest BCUT2D eigenvalue weighted by Crippen LogP contribution is 2.35. The molecule has 23 heavy (non-hydrogen) atoms. The molecule has 1 heterocycles. The zero-order valence-corrected chi connectivity index (χ0v) is 13.3. The Morgan fingerprint density at radius 2 is 1.57 bits per heavy atom. The van der Waals surface area contributed by atoms with E-state index in [0.717, 1.165) is 11.1 Å². The fraction of sp³-hybridized carbons (Fsp3) is 0.0500. The Hall–Kier alpha value is -2.65. The molecule has 0 N–H and O–H groups in total. The molecule has 4 rings (SSSR count). The van der Waals surface area contributed by atoms with Crippen molar-refractivity contribution in [3.63, 3.8) is 0 Å². The highest BCUT2D eigenvalue weighted by atomic mass is 32.1. The van der Waals surface area contributed by atoms with Crippen LogP contribution in [0.2, 0.25) is 0 Å². The molecule has 0 fully saturated rings. The summed E-state index contributed by atoms with van der Waals surface area (Å²) in [6.07, 6.45) is 0. The topological polar surface area (TPSA) is 22.1 Å². The summed E-state index contributed by atoms with van der Waals surface area (Å²) >= 11 is 1.43. The van der Waals surface area contributed by atoms with Gasteiger partial charge in [0.2, 0.25) is 5.88 Å². The molecule has 0 saturated heterocycles. The van der Waals surface area contributed by atoms with Gasteiger partial charge in [-0.3, -0.25) is 0 Å². The molecule has 0 unspecified atom stereocenters. The molecule has 112 valence electrons. The van der Waals surface area contributed by atoms with Crippen LogP contribution in [0.4, 0.5) is 0 Å². The van der Waals surface area contributed by atoms with Gasteiger partial charge in [0.25, 0.3) is 0 Å². The lowest BCUT2D eigenvalue weighted by Crippen LogP contribution is -1.96. The summed E-state index contributed by atoms with van der Waals surface area (Å²) in [6.45, 7) is 0.530. The maximum absolute atomic E-state index is 5.97. The number of hydrogen-bond acceptors (Lipinski definition) is 3. The second-order valence-corrected chi connectivity index (χ2v) is 5.96. The molecule has 3 aromatic carbocycles. The quantitative estimate of drug-likeness (QED) is 0.493. The molecule has 3 heteroatoms. The maximum Gasteiger partial charge on any atom is 0.233 e. The van der Waals surface area contributed by atoms with Crippen molar-refractivity contribution in [3.05, 3.63) is 83.7 Å². The predicted molar refractivity (Wildman–Crippen MR) is 95.8 cm³/mol. The summed E-state index contributed by atoms with van der Waals surface area (Å²) < 4.78 is 10.4. The SMILES string of the molecule is c1ccc(COc2nscc2-c2cccc3ccccc23)cc1. The van der Waals surface area contributed by atoms with E-state index in [1.54, 1.807) is 0 Å². The predicted octanol–water partition coefficient (Wildman–Crippen LogP) is 5.54. The molecule has 1 aromatic heterocycles. The molecular weight excluding hydrogens is 302 g/mol. The monoisotopic (exact) mass is 317 g/mol. The molecule has 0 radical (unpaired) electrons. The number of aromatic nitrogens is 1. The van der Waals surface area contributed by atoms with Gasteiger partial charge in [-0.05, 0) is 33.4 Å². The van der Waals surface area contributed by atoms with Crippen molar-refractivity contribution in [2.75, 3.05) is 0 Å². The summed E-state index contributed by atoms with van der Waals surface area (Å²) in [6, 6.07) is 24.9. The lowest BCUT2D eigenvalue weighted by Gasteiger charge is -2.08. The van der Waals surface area contributed by atoms with Gasteiger partial charge in [0.1, 0.15) is 6.61 Å². The van der Waals surface area contributed by atoms with Crippen LogP contribution < -0.4 is 4.74 Å². The standard InChI is InChI=1S/C20H15NOS/c1-2-7-15(8-3-1)13-22-20-19(14-23-21-20)18-12-6-10-16-9-4-5-11-17(16)18/h1-12,14H,13H2. The van der Waals surface area contributed by atoms with Gasteiger partial charge in [0.05, 0.1) is 5.56 Å². The van der Waals surface area contributed by atoms with Crippen LogP contribution in [-0.2, 0) is 6.61 Å². The Balaban J connectivity index is 1.69. The lowest BCUT2D eigenvalue weighted by atomic mass is 10.0. The number of fused-ring (bicyclic) bond motifs is 1. The van der Waals surface area contributed by atoms with Gasteiger partial charge in [-0.1, -0.05) is 72.8 Å². The van der Waals surface area contributed by atoms with Crippen LogP contribution in [-0.4, -0.2) is 4.37 Å². The van der Waals surface area contributed by atoms with Gasteiger partial charge in [-0.2, -0.15) is 4.37 Å². The van der Waals surface area contributed by atoms with E-state index >= 15 is 0 Å². The van der Waals surface area contributed by atoms with Gasteiger partial charge in [0.15, 0.2) is 0 Å². The van der Waals surface area contributed by atoms with Crippen molar-refractivity contribution in [2.24, 2.45) is 0 Å². The third kappa shape index (κ3) is 2.83. The van der Waals surface area contributed by atoms with E-state index in [2.05, 4.69) is 64.4 Å². The van der Waals surface area contributed by atoms with Crippen molar-refractivity contribution in [2.45, 2.75) is 6.61 Å². The van der Waals surface area contributed by atoms with Gasteiger partial charge < -0.3 is 4.74 Å². The summed E-state index contributed by atoms with van der Waals surface area (Å²) in [4.78, 5) is 0. The largest absolute Gasteiger partial charge is 0.472 e. The molecule has 0 saturated carbocycles. The minimum Gasteiger partial charge on any atom is -0.472 e. The van der Waals surface area contributed by atoms with Crippen LogP contribution in [0.3, 0.4) is 0 Å². The van der Waals surface area contributed by atoms with E-state index in [1.165, 1.54) is 27.9 Å². The lowest BCUT2D eigenvalue weighted by molar-refractivity contribution is 0.298. The molecule has 4 aromatic rings. The first-order chi connectivity index (χ1) is 11.4. The average Bonchev–Trinajstić information content (AvgIpc) is 3.09. The van der Waals surface area contributed by atoms with Gasteiger partial charge in [-0.25, -0.2) is 0 Å². The Kier molecular flexibility index (Phi) is 3.78. The third-order valence-electron chi connectivity index (χ3n) is 3.83. The summed E-state index contributed by atoms with van der Waals surface area (Å²) in [5, 5.41) is 4.51. The first-order valence-corrected chi connectivity index (χ1v) is 8.35. The second kappa shape index (κ2) is 6.23. The number of ether oxygens (including phenoxy) is 1. The van der Waals surface area contributed by atoms with Crippen molar-refractivity contribution < 1.29 is 4.74 Å². The summed E-state index contributed by atoms with van der Waals surface area (Å²) in [5.41, 5.74) is 3.37. The van der Waals surface area contributed by atoms with Crippen molar-refractivity contribution >= 4 is 22.3 Å². The fourth-order valence-corrected chi connectivity index (χ4v) is 3.33. The first-order valence-electron chi connectivity index (χ1n) is 7.51. The van der Waals surface area contributed by atoms with E-state index < -0.39 is 0 Å². The molecule has 2 nitrogen and oxygen atoms in total. The zero-order valence-electron chi connectivity index (χ0n) is 12.5. The Morgan fingerprint density at radius 1 is 0.783 bits per heavy atom. The number of nitrogens with zero attached hydrogens (tertiary/aromatic N) is 1. The highest BCUT2D eigenvalue weighted by Gasteiger charge is 2.12. The van der Waals surface area contributed by atoms with Gasteiger partial charge in [0, 0.05) is 5.38 Å². The van der Waals surface area contributed by atoms with Crippen LogP contribution in [0.5, 0.6) is 5.88 Å². The number of hydrogen-bond donors (Lipinski definition) is 0. The van der Waals surface area contributed by atoms with E-state index in [-0.39, 0.29) is 0 Å². The molecule has 0 aliphatic heterocycles. The Labute approximate surface area is 139 Å². The van der Waals surface area contributed by atoms with Crippen molar-refractivity contribution in [1.82, 2.24) is 4.37 Å². The molecule has 0 atom stereocenters.